The average molecular weight is 244 g/mol. The molecule has 3 rings (SSSR count). The standard InChI is InChI=1S/C14H16N2O2/c17-14(10-5-7-18-8-6-10)13-9-15-11-3-1-2-4-12(11)16-13/h1-4,9-10,14,17H,5-8H2. The summed E-state index contributed by atoms with van der Waals surface area (Å²) >= 11 is 0. The SMILES string of the molecule is OC(c1cnc2ccccc2n1)C1CCOCC1. The Morgan fingerprint density at radius 1 is 1.17 bits per heavy atom. The van der Waals surface area contributed by atoms with Gasteiger partial charge in [-0.1, -0.05) is 12.1 Å². The molecule has 1 aliphatic heterocycles. The monoisotopic (exact) mass is 244 g/mol. The van der Waals surface area contributed by atoms with Crippen molar-refractivity contribution in [3.05, 3.63) is 36.2 Å². The Kier molecular flexibility index (Phi) is 3.21. The minimum Gasteiger partial charge on any atom is -0.386 e. The van der Waals surface area contributed by atoms with E-state index in [1.165, 1.54) is 0 Å². The lowest BCUT2D eigenvalue weighted by Crippen LogP contribution is -2.22. The zero-order valence-electron chi connectivity index (χ0n) is 10.1. The van der Waals surface area contributed by atoms with Crippen molar-refractivity contribution in [2.45, 2.75) is 18.9 Å². The lowest BCUT2D eigenvalue weighted by atomic mass is 9.92. The number of para-hydroxylation sites is 2. The molecule has 0 spiro atoms. The molecule has 1 atom stereocenters. The number of fused-ring (bicyclic) bond motifs is 1. The number of aliphatic hydroxyl groups excluding tert-OH is 1. The minimum atomic E-state index is -0.536. The van der Waals surface area contributed by atoms with Crippen LogP contribution in [0.4, 0.5) is 0 Å². The summed E-state index contributed by atoms with van der Waals surface area (Å²) in [5, 5.41) is 10.3. The van der Waals surface area contributed by atoms with Gasteiger partial charge in [0.25, 0.3) is 0 Å². The van der Waals surface area contributed by atoms with Gasteiger partial charge in [-0.2, -0.15) is 0 Å². The molecular formula is C14H16N2O2. The molecule has 1 aromatic heterocycles. The van der Waals surface area contributed by atoms with E-state index >= 15 is 0 Å². The highest BCUT2D eigenvalue weighted by atomic mass is 16.5. The molecular weight excluding hydrogens is 228 g/mol. The molecule has 1 unspecified atom stereocenters. The topological polar surface area (TPSA) is 55.2 Å². The number of ether oxygens (including phenoxy) is 1. The van der Waals surface area contributed by atoms with Gasteiger partial charge in [-0.25, -0.2) is 4.98 Å². The zero-order chi connectivity index (χ0) is 12.4. The third-order valence-electron chi connectivity index (χ3n) is 3.48. The van der Waals surface area contributed by atoms with Crippen molar-refractivity contribution in [3.8, 4) is 0 Å². The molecule has 0 saturated carbocycles. The molecule has 2 aromatic rings. The van der Waals surface area contributed by atoms with Crippen molar-refractivity contribution in [2.75, 3.05) is 13.2 Å². The van der Waals surface area contributed by atoms with Gasteiger partial charge in [0.1, 0.15) is 6.10 Å². The van der Waals surface area contributed by atoms with Crippen molar-refractivity contribution >= 4 is 11.0 Å². The Morgan fingerprint density at radius 3 is 2.67 bits per heavy atom. The summed E-state index contributed by atoms with van der Waals surface area (Å²) in [5.74, 6) is 0.231. The van der Waals surface area contributed by atoms with Gasteiger partial charge < -0.3 is 9.84 Å². The second-order valence-corrected chi connectivity index (χ2v) is 4.68. The van der Waals surface area contributed by atoms with Gasteiger partial charge in [-0.3, -0.25) is 4.98 Å². The molecule has 1 N–H and O–H groups in total. The van der Waals surface area contributed by atoms with Crippen LogP contribution in [-0.2, 0) is 4.74 Å². The molecule has 4 nitrogen and oxygen atoms in total. The van der Waals surface area contributed by atoms with E-state index in [9.17, 15) is 5.11 Å². The summed E-state index contributed by atoms with van der Waals surface area (Å²) in [4.78, 5) is 8.84. The number of aliphatic hydroxyl groups is 1. The van der Waals surface area contributed by atoms with E-state index in [4.69, 9.17) is 4.74 Å². The van der Waals surface area contributed by atoms with Gasteiger partial charge in [-0.15, -0.1) is 0 Å². The average Bonchev–Trinajstić information content (AvgIpc) is 2.47. The smallest absolute Gasteiger partial charge is 0.100 e. The highest BCUT2D eigenvalue weighted by molar-refractivity contribution is 5.73. The maximum atomic E-state index is 10.3. The molecule has 1 aliphatic rings. The third-order valence-corrected chi connectivity index (χ3v) is 3.48. The van der Waals surface area contributed by atoms with Crippen LogP contribution in [0.5, 0.6) is 0 Å². The molecule has 18 heavy (non-hydrogen) atoms. The van der Waals surface area contributed by atoms with E-state index in [2.05, 4.69) is 9.97 Å². The number of aromatic nitrogens is 2. The molecule has 0 radical (unpaired) electrons. The third kappa shape index (κ3) is 2.21. The van der Waals surface area contributed by atoms with Crippen molar-refractivity contribution in [1.29, 1.82) is 0 Å². The van der Waals surface area contributed by atoms with Crippen LogP contribution in [0.2, 0.25) is 0 Å². The van der Waals surface area contributed by atoms with Gasteiger partial charge in [0.05, 0.1) is 22.9 Å². The van der Waals surface area contributed by atoms with Crippen LogP contribution in [0.25, 0.3) is 11.0 Å². The van der Waals surface area contributed by atoms with Crippen LogP contribution in [0, 0.1) is 5.92 Å². The fourth-order valence-corrected chi connectivity index (χ4v) is 2.39. The van der Waals surface area contributed by atoms with Crippen molar-refractivity contribution in [1.82, 2.24) is 9.97 Å². The first kappa shape index (κ1) is 11.6. The fraction of sp³-hybridized carbons (Fsp3) is 0.429. The quantitative estimate of drug-likeness (QED) is 0.878. The summed E-state index contributed by atoms with van der Waals surface area (Å²) in [6, 6.07) is 7.71. The van der Waals surface area contributed by atoms with Crippen molar-refractivity contribution < 1.29 is 9.84 Å². The van der Waals surface area contributed by atoms with Crippen LogP contribution in [0.15, 0.2) is 30.5 Å². The molecule has 2 heterocycles. The number of benzene rings is 1. The van der Waals surface area contributed by atoms with E-state index < -0.39 is 6.10 Å². The Hall–Kier alpha value is -1.52. The molecule has 4 heteroatoms. The zero-order valence-corrected chi connectivity index (χ0v) is 10.1. The Labute approximate surface area is 106 Å². The minimum absolute atomic E-state index is 0.231. The Bertz CT molecular complexity index is 538. The molecule has 0 aliphatic carbocycles. The first-order valence-corrected chi connectivity index (χ1v) is 6.32. The molecule has 0 bridgehead atoms. The van der Waals surface area contributed by atoms with Gasteiger partial charge in [-0.05, 0) is 30.9 Å². The van der Waals surface area contributed by atoms with E-state index in [1.54, 1.807) is 6.20 Å². The first-order valence-electron chi connectivity index (χ1n) is 6.32. The summed E-state index contributed by atoms with van der Waals surface area (Å²) < 4.78 is 5.31. The van der Waals surface area contributed by atoms with Crippen LogP contribution in [0.3, 0.4) is 0 Å². The molecule has 1 saturated heterocycles. The first-order chi connectivity index (χ1) is 8.84. The number of rotatable bonds is 2. The molecule has 1 aromatic carbocycles. The van der Waals surface area contributed by atoms with Gasteiger partial charge in [0.2, 0.25) is 0 Å². The highest BCUT2D eigenvalue weighted by Crippen LogP contribution is 2.29. The molecule has 94 valence electrons. The second kappa shape index (κ2) is 5.00. The summed E-state index contributed by atoms with van der Waals surface area (Å²) in [6.45, 7) is 1.45. The Morgan fingerprint density at radius 2 is 1.89 bits per heavy atom. The normalized spacial score (nSPS) is 18.9. The number of nitrogens with zero attached hydrogens (tertiary/aromatic N) is 2. The Balaban J connectivity index is 1.88. The van der Waals surface area contributed by atoms with Crippen LogP contribution < -0.4 is 0 Å². The van der Waals surface area contributed by atoms with Gasteiger partial charge >= 0.3 is 0 Å². The van der Waals surface area contributed by atoms with Crippen molar-refractivity contribution in [2.24, 2.45) is 5.92 Å². The predicted octanol–water partition coefficient (Wildman–Crippen LogP) is 2.09. The fourth-order valence-electron chi connectivity index (χ4n) is 2.39. The number of hydrogen-bond donors (Lipinski definition) is 1. The van der Waals surface area contributed by atoms with E-state index in [0.717, 1.165) is 37.1 Å². The van der Waals surface area contributed by atoms with Gasteiger partial charge in [0.15, 0.2) is 0 Å². The lowest BCUT2D eigenvalue weighted by molar-refractivity contribution is 0.00557. The summed E-state index contributed by atoms with van der Waals surface area (Å²) in [6.07, 6.45) is 2.92. The lowest BCUT2D eigenvalue weighted by Gasteiger charge is -2.26. The van der Waals surface area contributed by atoms with Crippen LogP contribution in [0.1, 0.15) is 24.6 Å². The van der Waals surface area contributed by atoms with E-state index in [0.29, 0.717) is 5.69 Å². The van der Waals surface area contributed by atoms with E-state index in [-0.39, 0.29) is 5.92 Å². The van der Waals surface area contributed by atoms with Crippen LogP contribution >= 0.6 is 0 Å². The molecule has 0 amide bonds. The highest BCUT2D eigenvalue weighted by Gasteiger charge is 2.24. The number of hydrogen-bond acceptors (Lipinski definition) is 4. The van der Waals surface area contributed by atoms with Crippen LogP contribution in [-0.4, -0.2) is 28.3 Å². The largest absolute Gasteiger partial charge is 0.386 e. The van der Waals surface area contributed by atoms with E-state index in [1.807, 2.05) is 24.3 Å². The second-order valence-electron chi connectivity index (χ2n) is 4.68. The van der Waals surface area contributed by atoms with Crippen molar-refractivity contribution in [3.63, 3.8) is 0 Å². The molecule has 1 fully saturated rings. The summed E-state index contributed by atoms with van der Waals surface area (Å²) in [7, 11) is 0. The predicted molar refractivity (Wildman–Crippen MR) is 68.0 cm³/mol. The maximum absolute atomic E-state index is 10.3. The summed E-state index contributed by atoms with van der Waals surface area (Å²) in [5.41, 5.74) is 2.36. The maximum Gasteiger partial charge on any atom is 0.100 e. The van der Waals surface area contributed by atoms with Gasteiger partial charge in [0, 0.05) is 13.2 Å².